The molecule has 138 valence electrons. The van der Waals surface area contributed by atoms with Gasteiger partial charge in [-0.15, -0.1) is 0 Å². The lowest BCUT2D eigenvalue weighted by Crippen LogP contribution is -2.39. The largest absolute Gasteiger partial charge is 0.444 e. The Bertz CT molecular complexity index is 481. The number of ether oxygens (including phenoxy) is 1. The van der Waals surface area contributed by atoms with Crippen LogP contribution in [-0.2, 0) is 4.74 Å². The number of nitrogens with two attached hydrogens (primary N) is 1. The lowest BCUT2D eigenvalue weighted by molar-refractivity contribution is 0.0501. The molecule has 0 fully saturated rings. The number of amides is 1. The van der Waals surface area contributed by atoms with Gasteiger partial charge in [0.15, 0.2) is 0 Å². The summed E-state index contributed by atoms with van der Waals surface area (Å²) >= 11 is 0. The highest BCUT2D eigenvalue weighted by Gasteiger charge is 2.21. The van der Waals surface area contributed by atoms with Gasteiger partial charge in [0, 0.05) is 24.0 Å². The minimum Gasteiger partial charge on any atom is -0.444 e. The van der Waals surface area contributed by atoms with E-state index in [1.54, 1.807) is 20.8 Å². The summed E-state index contributed by atoms with van der Waals surface area (Å²) in [5, 5.41) is 2.79. The molecule has 0 radical (unpaired) electrons. The number of hydrogen-bond acceptors (Lipinski definition) is 4. The maximum Gasteiger partial charge on any atom is 0.407 e. The van der Waals surface area contributed by atoms with E-state index in [-0.39, 0.29) is 6.04 Å². The fraction of sp³-hybridized carbons (Fsp3) is 0.647. The van der Waals surface area contributed by atoms with E-state index in [4.69, 9.17) is 10.5 Å². The van der Waals surface area contributed by atoms with Crippen molar-refractivity contribution in [1.29, 1.82) is 0 Å². The number of rotatable bonds is 4. The Balaban J connectivity index is 0.00000254. The van der Waals surface area contributed by atoms with Crippen molar-refractivity contribution in [2.24, 2.45) is 10.7 Å². The second-order valence-electron chi connectivity index (χ2n) is 6.02. The number of alkyl halides is 2. The van der Waals surface area contributed by atoms with Crippen LogP contribution in [0, 0.1) is 0 Å². The molecule has 0 spiro atoms. The van der Waals surface area contributed by atoms with Crippen LogP contribution >= 0.6 is 0 Å². The van der Waals surface area contributed by atoms with E-state index in [1.165, 1.54) is 6.20 Å². The number of carbonyl (C=O) groups is 1. The molecule has 0 aliphatic heterocycles. The van der Waals surface area contributed by atoms with Gasteiger partial charge >= 0.3 is 12.6 Å². The Morgan fingerprint density at radius 2 is 2.08 bits per heavy atom. The van der Waals surface area contributed by atoms with E-state index in [2.05, 4.69) is 10.3 Å². The highest BCUT2D eigenvalue weighted by atomic mass is 19.3. The number of nitrogens with zero attached hydrogens (tertiary/aromatic N) is 1. The van der Waals surface area contributed by atoms with Crippen LogP contribution in [0.3, 0.4) is 0 Å². The molecule has 1 aliphatic rings. The summed E-state index contributed by atoms with van der Waals surface area (Å²) in [6.07, 6.45) is 5.67. The molecule has 1 atom stereocenters. The monoisotopic (exact) mass is 345 g/mol. The van der Waals surface area contributed by atoms with Crippen molar-refractivity contribution in [2.75, 3.05) is 0 Å². The highest BCUT2D eigenvalue weighted by Crippen LogP contribution is 2.23. The van der Waals surface area contributed by atoms with Crippen LogP contribution < -0.4 is 11.1 Å². The Hall–Kier alpha value is -1.92. The van der Waals surface area contributed by atoms with Crippen molar-refractivity contribution in [2.45, 2.75) is 72.1 Å². The third kappa shape index (κ3) is 9.27. The summed E-state index contributed by atoms with van der Waals surface area (Å²) in [6.45, 7) is 6.64. The molecule has 0 aromatic heterocycles. The Morgan fingerprint density at radius 1 is 1.46 bits per heavy atom. The Morgan fingerprint density at radius 3 is 2.50 bits per heavy atom. The van der Waals surface area contributed by atoms with E-state index >= 15 is 0 Å². The third-order valence-electron chi connectivity index (χ3n) is 3.01. The molecule has 24 heavy (non-hydrogen) atoms. The predicted molar refractivity (Wildman–Crippen MR) is 93.2 cm³/mol. The van der Waals surface area contributed by atoms with Gasteiger partial charge in [0.2, 0.25) is 0 Å². The molecule has 1 amide bonds. The number of carbonyl (C=O) groups excluding carboxylic acids is 1. The number of alkyl carbamates (subject to hydrolysis) is 1. The topological polar surface area (TPSA) is 76.7 Å². The van der Waals surface area contributed by atoms with Gasteiger partial charge in [-0.1, -0.05) is 19.9 Å². The van der Waals surface area contributed by atoms with Crippen LogP contribution in [0.5, 0.6) is 0 Å². The molecule has 0 saturated carbocycles. The maximum atomic E-state index is 12.1. The smallest absolute Gasteiger partial charge is 0.407 e. The van der Waals surface area contributed by atoms with Crippen molar-refractivity contribution in [3.8, 4) is 0 Å². The van der Waals surface area contributed by atoms with Crippen LogP contribution in [0.25, 0.3) is 0 Å². The third-order valence-corrected chi connectivity index (χ3v) is 3.01. The fourth-order valence-corrected chi connectivity index (χ4v) is 2.07. The first-order valence-corrected chi connectivity index (χ1v) is 8.13. The van der Waals surface area contributed by atoms with Gasteiger partial charge in [-0.2, -0.15) is 8.78 Å². The van der Waals surface area contributed by atoms with Gasteiger partial charge in [-0.3, -0.25) is 0 Å². The molecular weight excluding hydrogens is 316 g/mol. The van der Waals surface area contributed by atoms with Crippen molar-refractivity contribution in [3.63, 3.8) is 0 Å². The molecule has 0 bridgehead atoms. The summed E-state index contributed by atoms with van der Waals surface area (Å²) in [4.78, 5) is 14.7. The molecule has 1 aliphatic carbocycles. The van der Waals surface area contributed by atoms with E-state index in [0.717, 1.165) is 11.8 Å². The second kappa shape index (κ2) is 10.8. The first kappa shape index (κ1) is 22.1. The molecule has 5 nitrogen and oxygen atoms in total. The molecule has 0 aromatic carbocycles. The normalized spacial score (nSPS) is 18.8. The number of nitrogens with one attached hydrogen (secondary N) is 1. The van der Waals surface area contributed by atoms with Crippen LogP contribution in [0.15, 0.2) is 28.4 Å². The number of allylic oxidation sites excluding steroid dienone is 2. The zero-order chi connectivity index (χ0) is 18.8. The van der Waals surface area contributed by atoms with Crippen molar-refractivity contribution >= 4 is 12.3 Å². The van der Waals surface area contributed by atoms with Gasteiger partial charge in [0.05, 0.1) is 0 Å². The van der Waals surface area contributed by atoms with Crippen LogP contribution in [0.4, 0.5) is 13.6 Å². The van der Waals surface area contributed by atoms with Crippen LogP contribution in [-0.4, -0.2) is 30.5 Å². The standard InChI is InChI=1S/C15H23F2N3O2.C2H6/c1-15(2,3)22-14(21)20-12-6-4-10(5-7-12)11(8-18)9-19-13(16)17;1-2/h4,8-9,12-13H,5-7,18H2,1-3H3,(H,20,21);1-2H3/b11-8+,19-9+;. The van der Waals surface area contributed by atoms with Gasteiger partial charge in [0.1, 0.15) is 5.60 Å². The maximum absolute atomic E-state index is 12.1. The molecule has 1 rings (SSSR count). The molecule has 0 saturated heterocycles. The fourth-order valence-electron chi connectivity index (χ4n) is 2.07. The average Bonchev–Trinajstić information content (AvgIpc) is 2.49. The van der Waals surface area contributed by atoms with Gasteiger partial charge in [-0.25, -0.2) is 9.79 Å². The second-order valence-corrected chi connectivity index (χ2v) is 6.02. The molecule has 0 aromatic rings. The molecule has 3 N–H and O–H groups in total. The van der Waals surface area contributed by atoms with Crippen LogP contribution in [0.1, 0.15) is 53.9 Å². The van der Waals surface area contributed by atoms with Crippen molar-refractivity contribution in [3.05, 3.63) is 23.4 Å². The predicted octanol–water partition coefficient (Wildman–Crippen LogP) is 4.15. The van der Waals surface area contributed by atoms with Crippen molar-refractivity contribution in [1.82, 2.24) is 5.32 Å². The molecular formula is C17H29F2N3O2. The minimum atomic E-state index is -2.75. The SMILES string of the molecule is CC.CC(C)(C)OC(=O)NC1CC=C(C(=C/N)/C=N/C(F)F)CC1. The van der Waals surface area contributed by atoms with E-state index in [9.17, 15) is 13.6 Å². The highest BCUT2D eigenvalue weighted by molar-refractivity contribution is 5.84. The van der Waals surface area contributed by atoms with E-state index in [1.807, 2.05) is 19.9 Å². The van der Waals surface area contributed by atoms with Crippen molar-refractivity contribution < 1.29 is 18.3 Å². The first-order chi connectivity index (χ1) is 11.2. The Labute approximate surface area is 143 Å². The lowest BCUT2D eigenvalue weighted by atomic mass is 9.91. The Kier molecular flexibility index (Phi) is 9.92. The van der Waals surface area contributed by atoms with Gasteiger partial charge in [0.25, 0.3) is 0 Å². The summed E-state index contributed by atoms with van der Waals surface area (Å²) < 4.78 is 29.4. The quantitative estimate of drug-likeness (QED) is 0.593. The number of hydrogen-bond donors (Lipinski definition) is 2. The first-order valence-electron chi connectivity index (χ1n) is 8.13. The summed E-state index contributed by atoms with van der Waals surface area (Å²) in [6, 6.07) is -0.0373. The number of halogens is 2. The molecule has 1 unspecified atom stereocenters. The lowest BCUT2D eigenvalue weighted by Gasteiger charge is -2.26. The molecule has 0 heterocycles. The average molecular weight is 345 g/mol. The summed E-state index contributed by atoms with van der Waals surface area (Å²) in [5.41, 5.74) is 6.24. The van der Waals surface area contributed by atoms with Crippen LogP contribution in [0.2, 0.25) is 0 Å². The van der Waals surface area contributed by atoms with Gasteiger partial charge in [-0.05, 0) is 45.6 Å². The van der Waals surface area contributed by atoms with E-state index < -0.39 is 18.2 Å². The summed E-state index contributed by atoms with van der Waals surface area (Å²) in [7, 11) is 0. The minimum absolute atomic E-state index is 0.0373. The van der Waals surface area contributed by atoms with Gasteiger partial charge < -0.3 is 15.8 Å². The summed E-state index contributed by atoms with van der Waals surface area (Å²) in [5.74, 6) is 0. The van der Waals surface area contributed by atoms with E-state index in [0.29, 0.717) is 24.8 Å². The number of aliphatic imine (C=N–C) groups is 1. The zero-order valence-corrected chi connectivity index (χ0v) is 15.1. The zero-order valence-electron chi connectivity index (χ0n) is 15.1. The molecule has 7 heteroatoms.